The Morgan fingerprint density at radius 3 is 2.37 bits per heavy atom. The summed E-state index contributed by atoms with van der Waals surface area (Å²) in [5, 5.41) is 15.3. The third-order valence-electron chi connectivity index (χ3n) is 2.56. The van der Waals surface area contributed by atoms with Gasteiger partial charge in [-0.3, -0.25) is 5.10 Å². The number of sulfone groups is 1. The monoisotopic (exact) mass is 311 g/mol. The van der Waals surface area contributed by atoms with Gasteiger partial charge in [-0.25, -0.2) is 16.8 Å². The Morgan fingerprint density at radius 2 is 1.89 bits per heavy atom. The Labute approximate surface area is 112 Å². The van der Waals surface area contributed by atoms with Crippen LogP contribution in [0.2, 0.25) is 0 Å². The van der Waals surface area contributed by atoms with Crippen molar-refractivity contribution in [2.75, 3.05) is 25.6 Å². The fraction of sp³-hybridized carbons (Fsp3) is 0.667. The number of rotatable bonds is 6. The minimum absolute atomic E-state index is 0.0173. The number of sulfonamides is 1. The first-order valence-corrected chi connectivity index (χ1v) is 8.88. The van der Waals surface area contributed by atoms with Gasteiger partial charge < -0.3 is 5.11 Å². The molecule has 0 atom stereocenters. The van der Waals surface area contributed by atoms with Crippen molar-refractivity contribution in [2.24, 2.45) is 0 Å². The number of aryl methyl sites for hydroxylation is 1. The van der Waals surface area contributed by atoms with Gasteiger partial charge >= 0.3 is 0 Å². The van der Waals surface area contributed by atoms with Gasteiger partial charge in [-0.1, -0.05) is 0 Å². The van der Waals surface area contributed by atoms with Gasteiger partial charge in [-0.15, -0.1) is 0 Å². The molecule has 0 radical (unpaired) electrons. The molecule has 19 heavy (non-hydrogen) atoms. The number of hydrogen-bond donors (Lipinski definition) is 2. The van der Waals surface area contributed by atoms with E-state index in [1.54, 1.807) is 0 Å². The third kappa shape index (κ3) is 3.75. The molecule has 0 aromatic carbocycles. The summed E-state index contributed by atoms with van der Waals surface area (Å²) in [5.74, 6) is -0.270. The first-order chi connectivity index (χ1) is 8.59. The molecule has 1 aromatic heterocycles. The molecule has 8 nitrogen and oxygen atoms in total. The summed E-state index contributed by atoms with van der Waals surface area (Å²) in [6, 6.07) is 0. The Bertz CT molecular complexity index is 647. The highest BCUT2D eigenvalue weighted by molar-refractivity contribution is 7.91. The zero-order valence-corrected chi connectivity index (χ0v) is 12.5. The molecule has 1 aromatic rings. The van der Waals surface area contributed by atoms with Crippen molar-refractivity contribution in [3.8, 4) is 0 Å². The SMILES string of the molecule is Cc1[nH]nc(CO)c1S(=O)(=O)N(C)CCS(C)(=O)=O. The lowest BCUT2D eigenvalue weighted by molar-refractivity contribution is 0.273. The maximum atomic E-state index is 12.3. The molecule has 1 heterocycles. The minimum atomic E-state index is -3.88. The fourth-order valence-corrected chi connectivity index (χ4v) is 3.69. The molecule has 0 unspecified atom stereocenters. The summed E-state index contributed by atoms with van der Waals surface area (Å²) in [4.78, 5) is -0.106. The molecule has 1 rings (SSSR count). The smallest absolute Gasteiger partial charge is 0.246 e. The number of hydrogen-bond acceptors (Lipinski definition) is 6. The zero-order valence-electron chi connectivity index (χ0n) is 10.9. The van der Waals surface area contributed by atoms with Gasteiger partial charge in [0.2, 0.25) is 10.0 Å². The van der Waals surface area contributed by atoms with Crippen LogP contribution in [-0.4, -0.2) is 62.0 Å². The highest BCUT2D eigenvalue weighted by Crippen LogP contribution is 2.21. The standard InChI is InChI=1S/C9H17N3O5S2/c1-7-9(8(6-13)11-10-7)19(16,17)12(2)4-5-18(3,14)15/h13H,4-6H2,1-3H3,(H,10,11). The summed E-state index contributed by atoms with van der Waals surface area (Å²) in [7, 11) is -5.84. The number of nitrogens with one attached hydrogen (secondary N) is 1. The average molecular weight is 311 g/mol. The Kier molecular flexibility index (Phi) is 4.72. The summed E-state index contributed by atoms with van der Waals surface area (Å²) >= 11 is 0. The van der Waals surface area contributed by atoms with E-state index in [2.05, 4.69) is 10.2 Å². The Balaban J connectivity index is 3.07. The number of aromatic nitrogens is 2. The molecular formula is C9H17N3O5S2. The predicted molar refractivity (Wildman–Crippen MR) is 68.8 cm³/mol. The van der Waals surface area contributed by atoms with Crippen molar-refractivity contribution < 1.29 is 21.9 Å². The van der Waals surface area contributed by atoms with Crippen LogP contribution in [0.1, 0.15) is 11.4 Å². The van der Waals surface area contributed by atoms with Crippen LogP contribution in [0.4, 0.5) is 0 Å². The van der Waals surface area contributed by atoms with Crippen LogP contribution in [0.15, 0.2) is 4.90 Å². The number of aromatic amines is 1. The van der Waals surface area contributed by atoms with Crippen LogP contribution in [0, 0.1) is 6.92 Å². The molecule has 0 amide bonds. The molecule has 0 fully saturated rings. The Morgan fingerprint density at radius 1 is 1.32 bits per heavy atom. The molecule has 0 aliphatic heterocycles. The van der Waals surface area contributed by atoms with E-state index in [0.717, 1.165) is 10.6 Å². The second-order valence-electron chi connectivity index (χ2n) is 4.24. The first kappa shape index (κ1) is 16.1. The first-order valence-electron chi connectivity index (χ1n) is 5.38. The van der Waals surface area contributed by atoms with E-state index >= 15 is 0 Å². The second kappa shape index (κ2) is 5.57. The van der Waals surface area contributed by atoms with Crippen LogP contribution >= 0.6 is 0 Å². The van der Waals surface area contributed by atoms with Gasteiger partial charge in [0.15, 0.2) is 0 Å². The largest absolute Gasteiger partial charge is 0.390 e. The molecule has 110 valence electrons. The molecule has 10 heteroatoms. The molecule has 0 aliphatic rings. The van der Waals surface area contributed by atoms with Crippen LogP contribution in [0.3, 0.4) is 0 Å². The number of H-pyrrole nitrogens is 1. The van der Waals surface area contributed by atoms with Crippen molar-refractivity contribution in [1.82, 2.24) is 14.5 Å². The summed E-state index contributed by atoms with van der Waals surface area (Å²) < 4.78 is 47.6. The van der Waals surface area contributed by atoms with Gasteiger partial charge in [0.25, 0.3) is 0 Å². The Hall–Kier alpha value is -0.970. The van der Waals surface area contributed by atoms with E-state index in [1.165, 1.54) is 14.0 Å². The van der Waals surface area contributed by atoms with E-state index in [0.29, 0.717) is 5.69 Å². The van der Waals surface area contributed by atoms with Crippen LogP contribution in [-0.2, 0) is 26.5 Å². The van der Waals surface area contributed by atoms with Crippen molar-refractivity contribution in [2.45, 2.75) is 18.4 Å². The minimum Gasteiger partial charge on any atom is -0.390 e. The maximum Gasteiger partial charge on any atom is 0.246 e. The average Bonchev–Trinajstić information content (AvgIpc) is 2.66. The number of aliphatic hydroxyl groups is 1. The van der Waals surface area contributed by atoms with E-state index in [4.69, 9.17) is 5.11 Å². The van der Waals surface area contributed by atoms with Gasteiger partial charge in [0, 0.05) is 19.8 Å². The molecule has 0 spiro atoms. The number of nitrogens with zero attached hydrogens (tertiary/aromatic N) is 2. The zero-order chi connectivity index (χ0) is 14.8. The van der Waals surface area contributed by atoms with Crippen molar-refractivity contribution >= 4 is 19.9 Å². The van der Waals surface area contributed by atoms with Crippen molar-refractivity contribution in [3.05, 3.63) is 11.4 Å². The normalized spacial score (nSPS) is 13.1. The highest BCUT2D eigenvalue weighted by atomic mass is 32.2. The van der Waals surface area contributed by atoms with E-state index < -0.39 is 26.5 Å². The summed E-state index contributed by atoms with van der Waals surface area (Å²) in [6.45, 7) is 0.846. The molecule has 0 aliphatic carbocycles. The van der Waals surface area contributed by atoms with Gasteiger partial charge in [0.05, 0.1) is 18.1 Å². The van der Waals surface area contributed by atoms with Gasteiger partial charge in [-0.2, -0.15) is 9.40 Å². The highest BCUT2D eigenvalue weighted by Gasteiger charge is 2.28. The van der Waals surface area contributed by atoms with Gasteiger partial charge in [-0.05, 0) is 6.92 Å². The second-order valence-corrected chi connectivity index (χ2v) is 8.48. The molecule has 0 bridgehead atoms. The maximum absolute atomic E-state index is 12.3. The van der Waals surface area contributed by atoms with E-state index in [1.807, 2.05) is 0 Å². The fourth-order valence-electron chi connectivity index (χ4n) is 1.49. The summed E-state index contributed by atoms with van der Waals surface area (Å²) in [6.07, 6.45) is 1.04. The molecule has 2 N–H and O–H groups in total. The van der Waals surface area contributed by atoms with Crippen molar-refractivity contribution in [3.63, 3.8) is 0 Å². The van der Waals surface area contributed by atoms with Crippen LogP contribution in [0.5, 0.6) is 0 Å². The summed E-state index contributed by atoms with van der Waals surface area (Å²) in [5.41, 5.74) is 0.318. The third-order valence-corrected chi connectivity index (χ3v) is 5.54. The lowest BCUT2D eigenvalue weighted by Crippen LogP contribution is -2.32. The van der Waals surface area contributed by atoms with Gasteiger partial charge in [0.1, 0.15) is 20.4 Å². The molecular weight excluding hydrogens is 294 g/mol. The molecule has 0 saturated heterocycles. The number of aliphatic hydroxyl groups excluding tert-OH is 1. The predicted octanol–water partition coefficient (Wildman–Crippen LogP) is -1.12. The topological polar surface area (TPSA) is 120 Å². The van der Waals surface area contributed by atoms with Crippen LogP contribution in [0.25, 0.3) is 0 Å². The van der Waals surface area contributed by atoms with Crippen molar-refractivity contribution in [1.29, 1.82) is 0 Å². The quantitative estimate of drug-likeness (QED) is 0.686. The lowest BCUT2D eigenvalue weighted by Gasteiger charge is -2.16. The van der Waals surface area contributed by atoms with E-state index in [9.17, 15) is 16.8 Å². The van der Waals surface area contributed by atoms with Crippen LogP contribution < -0.4 is 0 Å². The molecule has 0 saturated carbocycles. The lowest BCUT2D eigenvalue weighted by atomic mass is 10.4. The van der Waals surface area contributed by atoms with E-state index in [-0.39, 0.29) is 22.9 Å².